The number of nitrogens with zero attached hydrogens (tertiary/aromatic N) is 2. The van der Waals surface area contributed by atoms with Crippen molar-refractivity contribution < 1.29 is 14.3 Å². The Kier molecular flexibility index (Phi) is 2.87. The second-order valence-electron chi connectivity index (χ2n) is 4.46. The average Bonchev–Trinajstić information content (AvgIpc) is 2.75. The summed E-state index contributed by atoms with van der Waals surface area (Å²) in [5.74, 6) is 1.36. The molecule has 6 heteroatoms. The van der Waals surface area contributed by atoms with Gasteiger partial charge in [-0.3, -0.25) is 4.40 Å². The fourth-order valence-corrected chi connectivity index (χ4v) is 2.29. The smallest absolute Gasteiger partial charge is 0.359 e. The number of pyridine rings is 1. The third-order valence-electron chi connectivity index (χ3n) is 3.40. The van der Waals surface area contributed by atoms with E-state index in [2.05, 4.69) is 10.3 Å². The molecule has 0 atom stereocenters. The van der Waals surface area contributed by atoms with Crippen LogP contribution in [0.5, 0.6) is 5.75 Å². The number of hydrogen-bond donors (Lipinski definition) is 1. The lowest BCUT2D eigenvalue weighted by molar-refractivity contribution is 0.0596. The van der Waals surface area contributed by atoms with Crippen LogP contribution in [0.3, 0.4) is 0 Å². The normalized spacial score (nSPS) is 15.3. The number of carbonyl (C=O) groups excluding carboxylic acids is 1. The predicted molar refractivity (Wildman–Crippen MR) is 68.7 cm³/mol. The van der Waals surface area contributed by atoms with Crippen LogP contribution < -0.4 is 10.1 Å². The van der Waals surface area contributed by atoms with Crippen LogP contribution in [0.25, 0.3) is 5.52 Å². The first-order valence-corrected chi connectivity index (χ1v) is 6.10. The van der Waals surface area contributed by atoms with E-state index in [0.717, 1.165) is 18.9 Å². The maximum Gasteiger partial charge on any atom is 0.359 e. The van der Waals surface area contributed by atoms with Crippen molar-refractivity contribution in [3.63, 3.8) is 0 Å². The lowest BCUT2D eigenvalue weighted by atomic mass is 10.0. The second kappa shape index (κ2) is 4.55. The van der Waals surface area contributed by atoms with Gasteiger partial charge in [0, 0.05) is 25.2 Å². The van der Waals surface area contributed by atoms with Crippen molar-refractivity contribution >= 4 is 11.5 Å². The summed E-state index contributed by atoms with van der Waals surface area (Å²) < 4.78 is 12.0. The van der Waals surface area contributed by atoms with Gasteiger partial charge in [-0.2, -0.15) is 0 Å². The van der Waals surface area contributed by atoms with E-state index in [1.807, 2.05) is 22.7 Å². The van der Waals surface area contributed by atoms with Gasteiger partial charge in [-0.15, -0.1) is 0 Å². The summed E-state index contributed by atoms with van der Waals surface area (Å²) in [5, 5.41) is 3.20. The maximum absolute atomic E-state index is 11.9. The molecular weight excluding hydrogens is 246 g/mol. The van der Waals surface area contributed by atoms with Crippen LogP contribution in [0.1, 0.15) is 22.2 Å². The molecule has 1 aliphatic rings. The number of carbonyl (C=O) groups is 1. The molecule has 100 valence electrons. The van der Waals surface area contributed by atoms with Crippen LogP contribution >= 0.6 is 0 Å². The van der Waals surface area contributed by atoms with E-state index in [0.29, 0.717) is 22.9 Å². The minimum Gasteiger partial charge on any atom is -0.494 e. The van der Waals surface area contributed by atoms with Crippen LogP contribution in [0.4, 0.5) is 0 Å². The first-order chi connectivity index (χ1) is 9.26. The molecule has 1 aliphatic heterocycles. The van der Waals surface area contributed by atoms with Gasteiger partial charge in [0.2, 0.25) is 0 Å². The van der Waals surface area contributed by atoms with Gasteiger partial charge >= 0.3 is 5.97 Å². The minimum absolute atomic E-state index is 0.307. The van der Waals surface area contributed by atoms with Crippen molar-refractivity contribution in [1.29, 1.82) is 0 Å². The first kappa shape index (κ1) is 12.0. The van der Waals surface area contributed by atoms with E-state index >= 15 is 0 Å². The van der Waals surface area contributed by atoms with Gasteiger partial charge in [-0.05, 0) is 12.1 Å². The van der Waals surface area contributed by atoms with Gasteiger partial charge in [0.15, 0.2) is 5.69 Å². The predicted octanol–water partition coefficient (Wildman–Crippen LogP) is 0.816. The van der Waals surface area contributed by atoms with Gasteiger partial charge in [-0.25, -0.2) is 9.78 Å². The number of fused-ring (bicyclic) bond motifs is 1. The summed E-state index contributed by atoms with van der Waals surface area (Å²) >= 11 is 0. The molecule has 0 bridgehead atoms. The van der Waals surface area contributed by atoms with E-state index < -0.39 is 5.97 Å². The van der Waals surface area contributed by atoms with Crippen molar-refractivity contribution in [3.05, 3.63) is 29.8 Å². The molecule has 0 amide bonds. The zero-order valence-corrected chi connectivity index (χ0v) is 10.8. The average molecular weight is 261 g/mol. The Morgan fingerprint density at radius 3 is 2.84 bits per heavy atom. The Morgan fingerprint density at radius 1 is 1.47 bits per heavy atom. The molecule has 0 radical (unpaired) electrons. The first-order valence-electron chi connectivity index (χ1n) is 6.10. The number of esters is 1. The third kappa shape index (κ3) is 1.76. The fraction of sp³-hybridized carbons (Fsp3) is 0.385. The Bertz CT molecular complexity index is 631. The topological polar surface area (TPSA) is 64.9 Å². The Balaban J connectivity index is 2.25. The zero-order valence-electron chi connectivity index (χ0n) is 10.8. The van der Waals surface area contributed by atoms with Crippen LogP contribution in [0.2, 0.25) is 0 Å². The molecule has 0 unspecified atom stereocenters. The van der Waals surface area contributed by atoms with Crippen molar-refractivity contribution in [3.8, 4) is 5.75 Å². The van der Waals surface area contributed by atoms with Crippen LogP contribution in [-0.2, 0) is 4.74 Å². The quantitative estimate of drug-likeness (QED) is 0.829. The SMILES string of the molecule is COC(=O)c1nc(C2CNC2)n2cccc(OC)c12. The molecule has 0 aliphatic carbocycles. The highest BCUT2D eigenvalue weighted by atomic mass is 16.5. The van der Waals surface area contributed by atoms with Crippen molar-refractivity contribution in [2.24, 2.45) is 0 Å². The van der Waals surface area contributed by atoms with E-state index in [1.54, 1.807) is 7.11 Å². The summed E-state index contributed by atoms with van der Waals surface area (Å²) in [6.07, 6.45) is 1.89. The largest absolute Gasteiger partial charge is 0.494 e. The molecule has 3 heterocycles. The summed E-state index contributed by atoms with van der Waals surface area (Å²) in [5.41, 5.74) is 0.973. The molecule has 1 N–H and O–H groups in total. The molecule has 6 nitrogen and oxygen atoms in total. The molecule has 0 saturated carbocycles. The number of aromatic nitrogens is 2. The van der Waals surface area contributed by atoms with E-state index in [4.69, 9.17) is 9.47 Å². The number of hydrogen-bond acceptors (Lipinski definition) is 5. The van der Waals surface area contributed by atoms with Crippen LogP contribution in [0.15, 0.2) is 18.3 Å². The molecule has 3 rings (SSSR count). The molecule has 0 aromatic carbocycles. The lowest BCUT2D eigenvalue weighted by Crippen LogP contribution is -2.40. The third-order valence-corrected chi connectivity index (χ3v) is 3.40. The van der Waals surface area contributed by atoms with Crippen LogP contribution in [-0.4, -0.2) is 42.7 Å². The summed E-state index contributed by atoms with van der Waals surface area (Å²) in [4.78, 5) is 16.3. The van der Waals surface area contributed by atoms with Gasteiger partial charge in [0.05, 0.1) is 14.2 Å². The highest BCUT2D eigenvalue weighted by molar-refractivity contribution is 5.97. The monoisotopic (exact) mass is 261 g/mol. The number of rotatable bonds is 3. The van der Waals surface area contributed by atoms with Gasteiger partial charge < -0.3 is 14.8 Å². The number of nitrogens with one attached hydrogen (secondary N) is 1. The molecule has 2 aromatic rings. The number of imidazole rings is 1. The molecule has 1 fully saturated rings. The minimum atomic E-state index is -0.444. The number of ether oxygens (including phenoxy) is 2. The highest BCUT2D eigenvalue weighted by Gasteiger charge is 2.28. The fourth-order valence-electron chi connectivity index (χ4n) is 2.29. The molecule has 1 saturated heterocycles. The van der Waals surface area contributed by atoms with Gasteiger partial charge in [0.1, 0.15) is 17.1 Å². The summed E-state index contributed by atoms with van der Waals surface area (Å²) in [6.45, 7) is 1.74. The highest BCUT2D eigenvalue weighted by Crippen LogP contribution is 2.29. The van der Waals surface area contributed by atoms with Crippen molar-refractivity contribution in [1.82, 2.24) is 14.7 Å². The zero-order chi connectivity index (χ0) is 13.4. The van der Waals surface area contributed by atoms with Crippen LogP contribution in [0, 0.1) is 0 Å². The van der Waals surface area contributed by atoms with Crippen molar-refractivity contribution in [2.45, 2.75) is 5.92 Å². The molecular formula is C13H15N3O3. The van der Waals surface area contributed by atoms with E-state index in [1.165, 1.54) is 7.11 Å². The number of methoxy groups -OCH3 is 2. The Labute approximate surface area is 110 Å². The Morgan fingerprint density at radius 2 is 2.26 bits per heavy atom. The van der Waals surface area contributed by atoms with E-state index in [9.17, 15) is 4.79 Å². The summed E-state index contributed by atoms with van der Waals surface area (Å²) in [6, 6.07) is 3.69. The second-order valence-corrected chi connectivity index (χ2v) is 4.46. The lowest BCUT2D eigenvalue weighted by Gasteiger charge is -2.25. The molecule has 19 heavy (non-hydrogen) atoms. The van der Waals surface area contributed by atoms with Gasteiger partial charge in [0.25, 0.3) is 0 Å². The standard InChI is InChI=1S/C13H15N3O3/c1-18-9-4-3-5-16-11(9)10(13(17)19-2)15-12(16)8-6-14-7-8/h3-5,8,14H,6-7H2,1-2H3. The molecule has 2 aromatic heterocycles. The Hall–Kier alpha value is -2.08. The summed E-state index contributed by atoms with van der Waals surface area (Å²) in [7, 11) is 2.93. The van der Waals surface area contributed by atoms with Gasteiger partial charge in [-0.1, -0.05) is 0 Å². The van der Waals surface area contributed by atoms with E-state index in [-0.39, 0.29) is 0 Å². The van der Waals surface area contributed by atoms with Crippen molar-refractivity contribution in [2.75, 3.05) is 27.3 Å². The maximum atomic E-state index is 11.9. The molecule has 0 spiro atoms.